The SMILES string of the molecule is COC(=O)CCCN1CCC(C#Cc2ccc(C(C)NC(=O)c3cc(NC(=O)OC(C)(C)C)ccc3C)cc2-c2cccs2)CC1. The van der Waals surface area contributed by atoms with Gasteiger partial charge in [-0.15, -0.1) is 11.3 Å². The third kappa shape index (κ3) is 10.2. The Labute approximate surface area is 276 Å². The summed E-state index contributed by atoms with van der Waals surface area (Å²) in [5, 5.41) is 7.90. The highest BCUT2D eigenvalue weighted by atomic mass is 32.1. The molecule has 1 aliphatic heterocycles. The molecule has 2 N–H and O–H groups in total. The predicted molar refractivity (Wildman–Crippen MR) is 184 cm³/mol. The molecular weight excluding hydrogens is 598 g/mol. The van der Waals surface area contributed by atoms with Crippen molar-refractivity contribution < 1.29 is 23.9 Å². The summed E-state index contributed by atoms with van der Waals surface area (Å²) in [6.07, 6.45) is 2.72. The maximum absolute atomic E-state index is 13.4. The van der Waals surface area contributed by atoms with Crippen molar-refractivity contribution in [2.45, 2.75) is 71.9 Å². The first-order valence-corrected chi connectivity index (χ1v) is 16.7. The van der Waals surface area contributed by atoms with Crippen molar-refractivity contribution in [1.82, 2.24) is 10.2 Å². The second kappa shape index (κ2) is 15.9. The van der Waals surface area contributed by atoms with Crippen molar-refractivity contribution in [2.75, 3.05) is 32.1 Å². The zero-order valence-electron chi connectivity index (χ0n) is 27.7. The zero-order chi connectivity index (χ0) is 33.3. The Morgan fingerprint density at radius 1 is 1.09 bits per heavy atom. The van der Waals surface area contributed by atoms with Gasteiger partial charge >= 0.3 is 12.1 Å². The van der Waals surface area contributed by atoms with Crippen LogP contribution in [0.25, 0.3) is 10.4 Å². The molecule has 1 saturated heterocycles. The van der Waals surface area contributed by atoms with Gasteiger partial charge in [-0.3, -0.25) is 14.9 Å². The number of piperidine rings is 1. The molecule has 4 rings (SSSR count). The van der Waals surface area contributed by atoms with Crippen LogP contribution in [0.3, 0.4) is 0 Å². The molecule has 0 bridgehead atoms. The topological polar surface area (TPSA) is 97.0 Å². The number of ether oxygens (including phenoxy) is 2. The lowest BCUT2D eigenvalue weighted by Gasteiger charge is -2.29. The largest absolute Gasteiger partial charge is 0.469 e. The van der Waals surface area contributed by atoms with Crippen LogP contribution < -0.4 is 10.6 Å². The Balaban J connectivity index is 1.43. The minimum atomic E-state index is -0.625. The molecule has 1 atom stereocenters. The van der Waals surface area contributed by atoms with Crippen molar-refractivity contribution >= 4 is 35.0 Å². The molecule has 1 aliphatic rings. The fraction of sp³-hybridized carbons (Fsp3) is 0.432. The van der Waals surface area contributed by atoms with E-state index in [1.807, 2.05) is 32.0 Å². The smallest absolute Gasteiger partial charge is 0.412 e. The first kappa shape index (κ1) is 34.7. The van der Waals surface area contributed by atoms with E-state index in [1.165, 1.54) is 7.11 Å². The first-order chi connectivity index (χ1) is 21.9. The van der Waals surface area contributed by atoms with E-state index < -0.39 is 11.7 Å². The van der Waals surface area contributed by atoms with E-state index in [0.717, 1.165) is 66.0 Å². The van der Waals surface area contributed by atoms with Crippen LogP contribution in [-0.4, -0.2) is 55.2 Å². The Morgan fingerprint density at radius 3 is 2.52 bits per heavy atom. The molecule has 3 aromatic rings. The summed E-state index contributed by atoms with van der Waals surface area (Å²) in [4.78, 5) is 40.6. The molecule has 8 nitrogen and oxygen atoms in total. The van der Waals surface area contributed by atoms with Crippen molar-refractivity contribution in [3.8, 4) is 22.3 Å². The van der Waals surface area contributed by atoms with Gasteiger partial charge in [-0.05, 0) is 120 Å². The fourth-order valence-electron chi connectivity index (χ4n) is 5.33. The van der Waals surface area contributed by atoms with Gasteiger partial charge in [-0.25, -0.2) is 4.79 Å². The van der Waals surface area contributed by atoms with Crippen molar-refractivity contribution in [3.05, 3.63) is 76.2 Å². The number of hydrogen-bond donors (Lipinski definition) is 2. The van der Waals surface area contributed by atoms with Gasteiger partial charge in [0.05, 0.1) is 13.2 Å². The summed E-state index contributed by atoms with van der Waals surface area (Å²) in [5.41, 5.74) is 4.16. The average Bonchev–Trinajstić information content (AvgIpc) is 3.55. The van der Waals surface area contributed by atoms with Crippen molar-refractivity contribution in [1.29, 1.82) is 0 Å². The quantitative estimate of drug-likeness (QED) is 0.184. The number of rotatable bonds is 9. The monoisotopic (exact) mass is 643 g/mol. The average molecular weight is 644 g/mol. The van der Waals surface area contributed by atoms with Gasteiger partial charge in [-0.2, -0.15) is 0 Å². The molecular formula is C37H45N3O5S. The van der Waals surface area contributed by atoms with Crippen LogP contribution in [0.15, 0.2) is 53.9 Å². The molecule has 2 heterocycles. The molecule has 46 heavy (non-hydrogen) atoms. The lowest BCUT2D eigenvalue weighted by atomic mass is 9.95. The molecule has 0 saturated carbocycles. The highest BCUT2D eigenvalue weighted by molar-refractivity contribution is 7.13. The van der Waals surface area contributed by atoms with Gasteiger partial charge in [0.15, 0.2) is 0 Å². The van der Waals surface area contributed by atoms with Gasteiger partial charge in [-0.1, -0.05) is 30.0 Å². The lowest BCUT2D eigenvalue weighted by molar-refractivity contribution is -0.140. The highest BCUT2D eigenvalue weighted by Gasteiger charge is 2.20. The maximum atomic E-state index is 13.4. The van der Waals surface area contributed by atoms with E-state index in [2.05, 4.69) is 51.0 Å². The number of benzene rings is 2. The number of esters is 1. The summed E-state index contributed by atoms with van der Waals surface area (Å²) in [6, 6.07) is 15.3. The van der Waals surface area contributed by atoms with E-state index in [1.54, 1.807) is 44.2 Å². The Kier molecular flexibility index (Phi) is 12.0. The molecule has 0 aliphatic carbocycles. The number of nitrogens with one attached hydrogen (secondary N) is 2. The summed E-state index contributed by atoms with van der Waals surface area (Å²) in [7, 11) is 1.43. The molecule has 0 radical (unpaired) electrons. The van der Waals surface area contributed by atoms with Crippen LogP contribution in [0.1, 0.15) is 86.5 Å². The van der Waals surface area contributed by atoms with Gasteiger partial charge in [0.2, 0.25) is 0 Å². The number of carbonyl (C=O) groups is 3. The van der Waals surface area contributed by atoms with E-state index in [0.29, 0.717) is 23.6 Å². The van der Waals surface area contributed by atoms with Gasteiger partial charge in [0, 0.05) is 39.6 Å². The summed E-state index contributed by atoms with van der Waals surface area (Å²) >= 11 is 1.67. The standard InChI is InChI=1S/C37H45N3O5S/c1-25-11-16-30(39-36(43)45-37(3,4)5)24-31(25)35(42)38-26(2)29-15-14-28(32(23-29)33-9-8-22-46-33)13-12-27-17-20-40(21-18-27)19-7-10-34(41)44-6/h8-9,11,14-16,22-24,26-27H,7,10,17-21H2,1-6H3,(H,38,42)(H,39,43). The van der Waals surface area contributed by atoms with Crippen LogP contribution in [0.5, 0.6) is 0 Å². The fourth-order valence-corrected chi connectivity index (χ4v) is 6.09. The molecule has 2 aromatic carbocycles. The summed E-state index contributed by atoms with van der Waals surface area (Å²) in [6.45, 7) is 12.1. The third-order valence-electron chi connectivity index (χ3n) is 7.89. The Morgan fingerprint density at radius 2 is 1.85 bits per heavy atom. The number of nitrogens with zero attached hydrogens (tertiary/aromatic N) is 1. The van der Waals surface area contributed by atoms with Crippen molar-refractivity contribution in [3.63, 3.8) is 0 Å². The summed E-state index contributed by atoms with van der Waals surface area (Å²) < 4.78 is 10.1. The molecule has 1 aromatic heterocycles. The van der Waals surface area contributed by atoms with E-state index in [9.17, 15) is 14.4 Å². The van der Waals surface area contributed by atoms with E-state index in [4.69, 9.17) is 9.47 Å². The minimum Gasteiger partial charge on any atom is -0.469 e. The number of anilines is 1. The number of amides is 2. The second-order valence-corrected chi connectivity index (χ2v) is 13.6. The highest BCUT2D eigenvalue weighted by Crippen LogP contribution is 2.31. The normalized spacial score (nSPS) is 14.5. The van der Waals surface area contributed by atoms with E-state index in [-0.39, 0.29) is 17.9 Å². The number of hydrogen-bond acceptors (Lipinski definition) is 7. The number of aryl methyl sites for hydroxylation is 1. The predicted octanol–water partition coefficient (Wildman–Crippen LogP) is 7.58. The van der Waals surface area contributed by atoms with Gasteiger partial charge < -0.3 is 19.7 Å². The first-order valence-electron chi connectivity index (χ1n) is 15.8. The molecule has 9 heteroatoms. The van der Waals surface area contributed by atoms with Gasteiger partial charge in [0.25, 0.3) is 5.91 Å². The van der Waals surface area contributed by atoms with Crippen LogP contribution >= 0.6 is 11.3 Å². The maximum Gasteiger partial charge on any atom is 0.412 e. The third-order valence-corrected chi connectivity index (χ3v) is 8.79. The Bertz CT molecular complexity index is 1570. The van der Waals surface area contributed by atoms with Crippen LogP contribution in [0.4, 0.5) is 10.5 Å². The number of carbonyl (C=O) groups excluding carboxylic acids is 3. The minimum absolute atomic E-state index is 0.153. The molecule has 0 spiro atoms. The molecule has 2 amide bonds. The van der Waals surface area contributed by atoms with Crippen LogP contribution in [0.2, 0.25) is 0 Å². The van der Waals surface area contributed by atoms with Crippen LogP contribution in [-0.2, 0) is 14.3 Å². The number of methoxy groups -OCH3 is 1. The molecule has 1 fully saturated rings. The Hall–Kier alpha value is -4.13. The number of likely N-dealkylation sites (tertiary alicyclic amines) is 1. The zero-order valence-corrected chi connectivity index (χ0v) is 28.5. The molecule has 1 unspecified atom stereocenters. The van der Waals surface area contributed by atoms with Crippen molar-refractivity contribution in [2.24, 2.45) is 5.92 Å². The molecule has 244 valence electrons. The second-order valence-electron chi connectivity index (χ2n) is 12.7. The lowest BCUT2D eigenvalue weighted by Crippen LogP contribution is -2.34. The van der Waals surface area contributed by atoms with E-state index >= 15 is 0 Å². The van der Waals surface area contributed by atoms with Gasteiger partial charge in [0.1, 0.15) is 5.60 Å². The summed E-state index contributed by atoms with van der Waals surface area (Å²) in [5.74, 6) is 6.95. The number of thiophene rings is 1. The van der Waals surface area contributed by atoms with Crippen LogP contribution in [0, 0.1) is 24.7 Å².